The first-order valence-electron chi connectivity index (χ1n) is 32.4. The van der Waals surface area contributed by atoms with E-state index in [2.05, 4.69) is 328 Å². The summed E-state index contributed by atoms with van der Waals surface area (Å²) in [6.45, 7) is 0. The lowest BCUT2D eigenvalue weighted by Gasteiger charge is -2.19. The highest BCUT2D eigenvalue weighted by Crippen LogP contribution is 2.51. The second kappa shape index (κ2) is 20.6. The summed E-state index contributed by atoms with van der Waals surface area (Å²) in [6, 6.07) is 121. The topological polar surface area (TPSA) is 26.3 Å². The van der Waals surface area contributed by atoms with Crippen molar-refractivity contribution in [3.63, 3.8) is 0 Å². The lowest BCUT2D eigenvalue weighted by molar-refractivity contribution is 0.672. The van der Waals surface area contributed by atoms with Crippen LogP contribution < -0.4 is 0 Å². The maximum absolute atomic E-state index is 7.07. The summed E-state index contributed by atoms with van der Waals surface area (Å²) < 4.78 is 13.7. The van der Waals surface area contributed by atoms with E-state index in [4.69, 9.17) is 8.83 Å². The van der Waals surface area contributed by atoms with Crippen molar-refractivity contribution >= 4 is 130 Å². The van der Waals surface area contributed by atoms with Crippen LogP contribution in [0.5, 0.6) is 0 Å². The Hall–Kier alpha value is -12.4. The molecule has 0 aliphatic heterocycles. The molecular formula is C92H54O2. The zero-order valence-corrected chi connectivity index (χ0v) is 51.0. The predicted molar refractivity (Wildman–Crippen MR) is 399 cm³/mol. The summed E-state index contributed by atoms with van der Waals surface area (Å²) in [6.07, 6.45) is 0. The van der Waals surface area contributed by atoms with Crippen LogP contribution in [0.15, 0.2) is 336 Å². The number of hydrogen-bond acceptors (Lipinski definition) is 2. The van der Waals surface area contributed by atoms with Crippen LogP contribution in [0, 0.1) is 0 Å². The van der Waals surface area contributed by atoms with Gasteiger partial charge in [0.15, 0.2) is 0 Å². The van der Waals surface area contributed by atoms with E-state index in [0.29, 0.717) is 0 Å². The average molecular weight is 1190 g/mol. The van der Waals surface area contributed by atoms with E-state index in [0.717, 1.165) is 71.2 Å². The Morgan fingerprint density at radius 1 is 0.149 bits per heavy atom. The van der Waals surface area contributed by atoms with Gasteiger partial charge in [0.05, 0.1) is 0 Å². The molecule has 2 nitrogen and oxygen atoms in total. The molecule has 2 aromatic heterocycles. The van der Waals surface area contributed by atoms with Crippen molar-refractivity contribution in [3.05, 3.63) is 328 Å². The standard InChI is InChI=1S/C92H54O2/c1-2-23-65-56(19-1)20-18-37-66(65)57-41-43-58(44-42-57)87-71-27-5-9-31-75(71)89(76-32-10-6-28-72(76)87)82-54-84-70-48-47-62(52-86(70)94-92(84)80-36-14-4-25-68(80)82)61-46-40-55-39-45-60(50-64(55)51-61)59-21-17-22-63(49-59)88-73-29-7-11-33-77(73)90(78-34-12-8-30-74(78)88)81-53-83-69-26-15-16-38-85(69)93-91(83)79-35-13-3-24-67(79)81/h1-54H. The molecule has 0 radical (unpaired) electrons. The highest BCUT2D eigenvalue weighted by molar-refractivity contribution is 6.29. The number of rotatable bonds is 7. The van der Waals surface area contributed by atoms with Crippen molar-refractivity contribution in [2.75, 3.05) is 0 Å². The van der Waals surface area contributed by atoms with Gasteiger partial charge in [-0.15, -0.1) is 0 Å². The van der Waals surface area contributed by atoms with E-state index >= 15 is 0 Å². The molecule has 0 spiro atoms. The van der Waals surface area contributed by atoms with Crippen LogP contribution in [-0.2, 0) is 0 Å². The Labute approximate surface area is 541 Å². The van der Waals surface area contributed by atoms with Gasteiger partial charge >= 0.3 is 0 Å². The van der Waals surface area contributed by atoms with E-state index < -0.39 is 0 Å². The van der Waals surface area contributed by atoms with Crippen molar-refractivity contribution in [2.45, 2.75) is 0 Å². The zero-order chi connectivity index (χ0) is 61.5. The molecule has 434 valence electrons. The molecule has 0 bridgehead atoms. The molecule has 0 atom stereocenters. The third kappa shape index (κ3) is 7.97. The summed E-state index contributed by atoms with van der Waals surface area (Å²) >= 11 is 0. The number of fused-ring (bicyclic) bond motifs is 16. The molecule has 0 amide bonds. The monoisotopic (exact) mass is 1190 g/mol. The molecule has 2 heteroatoms. The molecule has 20 rings (SSSR count). The van der Waals surface area contributed by atoms with Crippen LogP contribution >= 0.6 is 0 Å². The first-order chi connectivity index (χ1) is 46.6. The minimum atomic E-state index is 0.867. The van der Waals surface area contributed by atoms with Crippen LogP contribution in [0.4, 0.5) is 0 Å². The van der Waals surface area contributed by atoms with Gasteiger partial charge in [0, 0.05) is 32.3 Å². The number of hydrogen-bond donors (Lipinski definition) is 0. The first kappa shape index (κ1) is 52.4. The van der Waals surface area contributed by atoms with Crippen LogP contribution in [-0.4, -0.2) is 0 Å². The first-order valence-corrected chi connectivity index (χ1v) is 32.4. The Bertz CT molecular complexity index is 6480. The van der Waals surface area contributed by atoms with Gasteiger partial charge in [0.25, 0.3) is 0 Å². The van der Waals surface area contributed by atoms with Crippen LogP contribution in [0.1, 0.15) is 0 Å². The molecule has 0 unspecified atom stereocenters. The van der Waals surface area contributed by atoms with Gasteiger partial charge < -0.3 is 8.83 Å². The number of para-hydroxylation sites is 1. The van der Waals surface area contributed by atoms with E-state index in [-0.39, 0.29) is 0 Å². The fourth-order valence-electron chi connectivity index (χ4n) is 16.0. The Kier molecular flexibility index (Phi) is 11.5. The molecule has 0 N–H and O–H groups in total. The van der Waals surface area contributed by atoms with Crippen molar-refractivity contribution in [1.29, 1.82) is 0 Å². The quantitative estimate of drug-likeness (QED) is 0.149. The van der Waals surface area contributed by atoms with Gasteiger partial charge in [0.1, 0.15) is 22.3 Å². The summed E-state index contributed by atoms with van der Waals surface area (Å²) in [7, 11) is 0. The summed E-state index contributed by atoms with van der Waals surface area (Å²) in [4.78, 5) is 0. The largest absolute Gasteiger partial charge is 0.455 e. The van der Waals surface area contributed by atoms with Crippen molar-refractivity contribution in [2.24, 2.45) is 0 Å². The van der Waals surface area contributed by atoms with E-state index in [1.165, 1.54) is 137 Å². The van der Waals surface area contributed by atoms with Crippen LogP contribution in [0.2, 0.25) is 0 Å². The maximum Gasteiger partial charge on any atom is 0.143 e. The molecule has 2 heterocycles. The number of furan rings is 2. The van der Waals surface area contributed by atoms with Gasteiger partial charge in [-0.1, -0.05) is 279 Å². The van der Waals surface area contributed by atoms with Gasteiger partial charge in [-0.3, -0.25) is 0 Å². The molecule has 0 saturated carbocycles. The van der Waals surface area contributed by atoms with Crippen LogP contribution in [0.25, 0.3) is 208 Å². The summed E-state index contributed by atoms with van der Waals surface area (Å²) in [5, 5.41) is 23.7. The van der Waals surface area contributed by atoms with Gasteiger partial charge in [-0.25, -0.2) is 0 Å². The summed E-state index contributed by atoms with van der Waals surface area (Å²) in [5.41, 5.74) is 20.4. The fraction of sp³-hybridized carbons (Fsp3) is 0. The third-order valence-corrected chi connectivity index (χ3v) is 20.2. The van der Waals surface area contributed by atoms with Crippen molar-refractivity contribution in [1.82, 2.24) is 0 Å². The highest BCUT2D eigenvalue weighted by Gasteiger charge is 2.24. The molecule has 94 heavy (non-hydrogen) atoms. The van der Waals surface area contributed by atoms with Gasteiger partial charge in [-0.2, -0.15) is 0 Å². The predicted octanol–water partition coefficient (Wildman–Crippen LogP) is 26.4. The van der Waals surface area contributed by atoms with E-state index in [9.17, 15) is 0 Å². The van der Waals surface area contributed by atoms with Crippen molar-refractivity contribution in [3.8, 4) is 77.9 Å². The Morgan fingerprint density at radius 3 is 1.09 bits per heavy atom. The molecule has 0 aliphatic carbocycles. The number of benzene rings is 18. The molecule has 20 aromatic rings. The SMILES string of the molecule is c1cc(-c2ccc3ccc(-c4ccc5c(c4)oc4c6ccccc6c(-c6c7ccccc7c(-c7ccc(-c8cccc9ccccc89)cc7)c7ccccc67)cc54)cc3c2)cc(-c2c3ccccc3c(-c3cc4c5ccccc5oc4c4ccccc34)c3ccccc23)c1. The summed E-state index contributed by atoms with van der Waals surface area (Å²) in [5.74, 6) is 0. The minimum absolute atomic E-state index is 0.867. The fourth-order valence-corrected chi connectivity index (χ4v) is 16.0. The average Bonchev–Trinajstić information content (AvgIpc) is 1.06. The Balaban J connectivity index is 0.676. The van der Waals surface area contributed by atoms with Gasteiger partial charge in [-0.05, 0) is 202 Å². The third-order valence-electron chi connectivity index (χ3n) is 20.2. The van der Waals surface area contributed by atoms with E-state index in [1.54, 1.807) is 0 Å². The van der Waals surface area contributed by atoms with Crippen molar-refractivity contribution < 1.29 is 8.83 Å². The maximum atomic E-state index is 7.07. The minimum Gasteiger partial charge on any atom is -0.455 e. The lowest BCUT2D eigenvalue weighted by Crippen LogP contribution is -1.92. The zero-order valence-electron chi connectivity index (χ0n) is 51.0. The molecule has 0 saturated heterocycles. The molecular weight excluding hydrogens is 1140 g/mol. The molecule has 0 aliphatic rings. The van der Waals surface area contributed by atoms with Gasteiger partial charge in [0.2, 0.25) is 0 Å². The Morgan fingerprint density at radius 2 is 0.521 bits per heavy atom. The normalized spacial score (nSPS) is 12.0. The lowest BCUT2D eigenvalue weighted by atomic mass is 9.84. The van der Waals surface area contributed by atoms with Crippen LogP contribution in [0.3, 0.4) is 0 Å². The van der Waals surface area contributed by atoms with E-state index in [1.807, 2.05) is 0 Å². The second-order valence-electron chi connectivity index (χ2n) is 25.2. The smallest absolute Gasteiger partial charge is 0.143 e. The highest BCUT2D eigenvalue weighted by atomic mass is 16.3. The second-order valence-corrected chi connectivity index (χ2v) is 25.2. The molecule has 0 fully saturated rings. The molecule has 18 aromatic carbocycles.